The molecule has 2 aliphatic rings. The number of halogens is 4. The molecule has 0 spiro atoms. The highest BCUT2D eigenvalue weighted by molar-refractivity contribution is 7.92. The molecule has 2 atom stereocenters. The lowest BCUT2D eigenvalue weighted by Crippen LogP contribution is -2.54. The van der Waals surface area contributed by atoms with E-state index in [1.165, 1.54) is 12.1 Å². The molecule has 2 aromatic carbocycles. The number of benzene rings is 2. The van der Waals surface area contributed by atoms with Gasteiger partial charge in [-0.3, -0.25) is 4.79 Å². The molecule has 1 amide bonds. The van der Waals surface area contributed by atoms with Gasteiger partial charge in [-0.15, -0.1) is 0 Å². The van der Waals surface area contributed by atoms with Gasteiger partial charge in [-0.25, -0.2) is 12.8 Å². The van der Waals surface area contributed by atoms with Gasteiger partial charge in [-0.1, -0.05) is 45.0 Å². The average Bonchev–Trinajstić information content (AvgIpc) is 3.13. The van der Waals surface area contributed by atoms with E-state index in [4.69, 9.17) is 0 Å². The van der Waals surface area contributed by atoms with Crippen LogP contribution in [0.25, 0.3) is 0 Å². The minimum atomic E-state index is -5.12. The number of fused-ring (bicyclic) bond motifs is 3. The third kappa shape index (κ3) is 3.64. The summed E-state index contributed by atoms with van der Waals surface area (Å²) in [7, 11) is -4.36. The molecule has 4 rings (SSSR count). The first-order chi connectivity index (χ1) is 15.2. The van der Waals surface area contributed by atoms with Gasteiger partial charge in [-0.2, -0.15) is 13.2 Å². The Hall–Kier alpha value is -2.42. The summed E-state index contributed by atoms with van der Waals surface area (Å²) < 4.78 is 80.3. The zero-order valence-corrected chi connectivity index (χ0v) is 19.4. The van der Waals surface area contributed by atoms with Gasteiger partial charge in [0.1, 0.15) is 10.6 Å². The van der Waals surface area contributed by atoms with Gasteiger partial charge in [0.25, 0.3) is 0 Å². The van der Waals surface area contributed by atoms with Crippen molar-refractivity contribution in [3.8, 4) is 0 Å². The summed E-state index contributed by atoms with van der Waals surface area (Å²) in [5, 5.41) is 0. The van der Waals surface area contributed by atoms with Crippen molar-refractivity contribution in [2.45, 2.75) is 67.3 Å². The van der Waals surface area contributed by atoms with Gasteiger partial charge in [0, 0.05) is 6.54 Å². The first-order valence-corrected chi connectivity index (χ1v) is 12.2. The van der Waals surface area contributed by atoms with E-state index in [1.807, 2.05) is 26.8 Å². The molecule has 0 bridgehead atoms. The van der Waals surface area contributed by atoms with E-state index in [2.05, 4.69) is 0 Å². The molecule has 1 aliphatic heterocycles. The second-order valence-corrected chi connectivity index (χ2v) is 12.0. The number of nitrogens with zero attached hydrogens (tertiary/aromatic N) is 1. The number of carbonyl (C=O) groups is 1. The van der Waals surface area contributed by atoms with Crippen LogP contribution in [0.4, 0.5) is 17.6 Å². The van der Waals surface area contributed by atoms with Crippen LogP contribution in [0.5, 0.6) is 0 Å². The molecule has 178 valence electrons. The largest absolute Gasteiger partial charge is 0.471 e. The molecule has 1 aliphatic carbocycles. The van der Waals surface area contributed by atoms with E-state index in [1.54, 1.807) is 12.1 Å². The SMILES string of the molecule is CC(C)(C)c1ccc2c(c1)CCC1N(C(=O)C(F)(F)F)CCC21S(=O)(=O)c1cccc(F)c1. The molecule has 0 radical (unpaired) electrons. The number of aryl methyl sites for hydroxylation is 1. The van der Waals surface area contributed by atoms with Crippen LogP contribution in [0.1, 0.15) is 50.3 Å². The summed E-state index contributed by atoms with van der Waals surface area (Å²) in [6.07, 6.45) is -4.90. The van der Waals surface area contributed by atoms with Crippen molar-refractivity contribution in [2.24, 2.45) is 0 Å². The summed E-state index contributed by atoms with van der Waals surface area (Å²) in [4.78, 5) is 12.6. The quantitative estimate of drug-likeness (QED) is 0.571. The highest BCUT2D eigenvalue weighted by atomic mass is 32.2. The number of amides is 1. The van der Waals surface area contributed by atoms with Gasteiger partial charge in [0.05, 0.1) is 10.9 Å². The zero-order chi connectivity index (χ0) is 24.4. The average molecular weight is 484 g/mol. The maximum atomic E-state index is 14.0. The van der Waals surface area contributed by atoms with Crippen molar-refractivity contribution < 1.29 is 30.8 Å². The number of alkyl halides is 3. The van der Waals surface area contributed by atoms with E-state index in [9.17, 15) is 30.8 Å². The zero-order valence-electron chi connectivity index (χ0n) is 18.5. The molecule has 9 heteroatoms. The first kappa shape index (κ1) is 23.7. The second-order valence-electron chi connectivity index (χ2n) is 9.77. The second kappa shape index (κ2) is 7.55. The minimum absolute atomic E-state index is 0.0664. The lowest BCUT2D eigenvalue weighted by atomic mass is 9.75. The van der Waals surface area contributed by atoms with Crippen molar-refractivity contribution in [3.05, 3.63) is 65.0 Å². The number of sulfone groups is 1. The molecule has 1 saturated heterocycles. The Balaban J connectivity index is 1.96. The van der Waals surface area contributed by atoms with Gasteiger partial charge in [0.15, 0.2) is 9.84 Å². The van der Waals surface area contributed by atoms with E-state index in [-0.39, 0.29) is 29.7 Å². The topological polar surface area (TPSA) is 54.5 Å². The lowest BCUT2D eigenvalue weighted by Gasteiger charge is -2.43. The van der Waals surface area contributed by atoms with Crippen molar-refractivity contribution in [3.63, 3.8) is 0 Å². The predicted octanol–water partition coefficient (Wildman–Crippen LogP) is 4.90. The van der Waals surface area contributed by atoms with Crippen LogP contribution in [-0.2, 0) is 31.2 Å². The standard InChI is InChI=1S/C24H25F4NO3S/c1-22(2,3)16-8-9-19-15(13-16)7-10-20-23(19,11-12-29(20)21(30)24(26,27)28)33(31,32)18-6-4-5-17(25)14-18/h4-6,8-9,13-14,20H,7,10-12H2,1-3H3. The minimum Gasteiger partial charge on any atom is -0.330 e. The highest BCUT2D eigenvalue weighted by Crippen LogP contribution is 2.53. The number of carbonyl (C=O) groups excluding carboxylic acids is 1. The lowest BCUT2D eigenvalue weighted by molar-refractivity contribution is -0.186. The molecule has 4 nitrogen and oxygen atoms in total. The number of rotatable bonds is 2. The van der Waals surface area contributed by atoms with E-state index in [0.29, 0.717) is 16.9 Å². The van der Waals surface area contributed by atoms with Crippen molar-refractivity contribution in [1.82, 2.24) is 4.90 Å². The number of hydrogen-bond acceptors (Lipinski definition) is 3. The van der Waals surface area contributed by atoms with Crippen LogP contribution >= 0.6 is 0 Å². The monoisotopic (exact) mass is 483 g/mol. The Morgan fingerprint density at radius 3 is 2.39 bits per heavy atom. The van der Waals surface area contributed by atoms with E-state index < -0.39 is 38.5 Å². The van der Waals surface area contributed by atoms with Gasteiger partial charge in [-0.05, 0) is 59.6 Å². The molecule has 2 unspecified atom stereocenters. The molecule has 2 aromatic rings. The van der Waals surface area contributed by atoms with E-state index in [0.717, 1.165) is 23.3 Å². The fourth-order valence-electron chi connectivity index (χ4n) is 5.24. The third-order valence-electron chi connectivity index (χ3n) is 6.84. The molecule has 0 saturated carbocycles. The molecular formula is C24H25F4NO3S. The molecule has 0 aromatic heterocycles. The molecule has 0 N–H and O–H groups in total. The van der Waals surface area contributed by atoms with Crippen LogP contribution in [-0.4, -0.2) is 38.0 Å². The normalized spacial score (nSPS) is 23.2. The fraction of sp³-hybridized carbons (Fsp3) is 0.458. The maximum Gasteiger partial charge on any atom is 0.471 e. The van der Waals surface area contributed by atoms with Crippen LogP contribution in [0.3, 0.4) is 0 Å². The summed E-state index contributed by atoms with van der Waals surface area (Å²) >= 11 is 0. The number of hydrogen-bond donors (Lipinski definition) is 0. The Morgan fingerprint density at radius 2 is 1.79 bits per heavy atom. The van der Waals surface area contributed by atoms with Gasteiger partial charge in [0.2, 0.25) is 0 Å². The summed E-state index contributed by atoms with van der Waals surface area (Å²) in [5.74, 6) is -2.80. The molecular weight excluding hydrogens is 458 g/mol. The molecule has 1 heterocycles. The third-order valence-corrected chi connectivity index (χ3v) is 9.37. The summed E-state index contributed by atoms with van der Waals surface area (Å²) in [5.41, 5.74) is 1.89. The molecule has 1 fully saturated rings. The Bertz CT molecular complexity index is 1220. The van der Waals surface area contributed by atoms with Crippen molar-refractivity contribution in [2.75, 3.05) is 6.54 Å². The Labute approximate surface area is 190 Å². The summed E-state index contributed by atoms with van der Waals surface area (Å²) in [6, 6.07) is 8.65. The Kier molecular flexibility index (Phi) is 5.43. The van der Waals surface area contributed by atoms with Crippen molar-refractivity contribution >= 4 is 15.7 Å². The van der Waals surface area contributed by atoms with Crippen molar-refractivity contribution in [1.29, 1.82) is 0 Å². The summed E-state index contributed by atoms with van der Waals surface area (Å²) in [6.45, 7) is 5.69. The fourth-order valence-corrected chi connectivity index (χ4v) is 7.64. The molecule has 33 heavy (non-hydrogen) atoms. The van der Waals surface area contributed by atoms with Gasteiger partial charge >= 0.3 is 12.1 Å². The van der Waals surface area contributed by atoms with Crippen LogP contribution in [0, 0.1) is 5.82 Å². The Morgan fingerprint density at radius 1 is 1.09 bits per heavy atom. The highest BCUT2D eigenvalue weighted by Gasteiger charge is 2.63. The van der Waals surface area contributed by atoms with Gasteiger partial charge < -0.3 is 4.90 Å². The maximum absolute atomic E-state index is 14.0. The number of likely N-dealkylation sites (tertiary alicyclic amines) is 1. The smallest absolute Gasteiger partial charge is 0.330 e. The first-order valence-electron chi connectivity index (χ1n) is 10.7. The predicted molar refractivity (Wildman–Crippen MR) is 115 cm³/mol. The van der Waals surface area contributed by atoms with Crippen LogP contribution in [0.2, 0.25) is 0 Å². The van der Waals surface area contributed by atoms with E-state index >= 15 is 0 Å². The van der Waals surface area contributed by atoms with Crippen LogP contribution < -0.4 is 0 Å². The van der Waals surface area contributed by atoms with Crippen LogP contribution in [0.15, 0.2) is 47.4 Å².